The average Bonchev–Trinajstić information content (AvgIpc) is 2.55. The normalized spacial score (nSPS) is 11.5. The van der Waals surface area contributed by atoms with Gasteiger partial charge >= 0.3 is 7.60 Å². The molecule has 0 aliphatic rings. The molecule has 0 amide bonds. The summed E-state index contributed by atoms with van der Waals surface area (Å²) in [5.41, 5.74) is 2.61. The summed E-state index contributed by atoms with van der Waals surface area (Å²) < 4.78 is 28.4. The zero-order valence-electron chi connectivity index (χ0n) is 14.5. The van der Waals surface area contributed by atoms with E-state index >= 15 is 0 Å². The molecule has 0 aliphatic heterocycles. The number of benzene rings is 1. The third-order valence-corrected chi connectivity index (χ3v) is 5.36. The largest absolute Gasteiger partial charge is 0.481 e. The van der Waals surface area contributed by atoms with Gasteiger partial charge in [-0.2, -0.15) is 4.98 Å². The summed E-state index contributed by atoms with van der Waals surface area (Å²) in [6.45, 7) is 6.14. The van der Waals surface area contributed by atoms with Crippen molar-refractivity contribution in [2.75, 3.05) is 20.3 Å². The first-order valence-corrected chi connectivity index (χ1v) is 9.59. The van der Waals surface area contributed by atoms with Gasteiger partial charge < -0.3 is 13.8 Å². The van der Waals surface area contributed by atoms with Crippen LogP contribution >= 0.6 is 7.60 Å². The van der Waals surface area contributed by atoms with Gasteiger partial charge in [-0.15, -0.1) is 0 Å². The molecule has 6 nitrogen and oxygen atoms in total. The Kier molecular flexibility index (Phi) is 6.49. The highest BCUT2D eigenvalue weighted by atomic mass is 31.2. The summed E-state index contributed by atoms with van der Waals surface area (Å²) >= 11 is 0. The van der Waals surface area contributed by atoms with Crippen LogP contribution in [0.4, 0.5) is 0 Å². The fraction of sp³-hybridized carbons (Fsp3) is 0.412. The van der Waals surface area contributed by atoms with Gasteiger partial charge in [-0.1, -0.05) is 24.3 Å². The van der Waals surface area contributed by atoms with E-state index in [1.165, 1.54) is 0 Å². The van der Waals surface area contributed by atoms with Gasteiger partial charge in [0.1, 0.15) is 5.82 Å². The SMILES string of the molecule is CCOP(=O)(Cc1ccc(-c2cc(OC)nc(C)n2)cc1)OCC. The Labute approximate surface area is 142 Å². The molecule has 130 valence electrons. The third-order valence-electron chi connectivity index (χ3n) is 3.30. The zero-order valence-corrected chi connectivity index (χ0v) is 15.4. The van der Waals surface area contributed by atoms with Crippen LogP contribution in [0.3, 0.4) is 0 Å². The number of ether oxygens (including phenoxy) is 1. The molecule has 0 N–H and O–H groups in total. The van der Waals surface area contributed by atoms with Crippen LogP contribution in [0.2, 0.25) is 0 Å². The maximum absolute atomic E-state index is 12.6. The quantitative estimate of drug-likeness (QED) is 0.664. The molecule has 0 fully saturated rings. The second-order valence-corrected chi connectivity index (χ2v) is 7.20. The molecule has 1 heterocycles. The van der Waals surface area contributed by atoms with Gasteiger partial charge in [0.25, 0.3) is 0 Å². The highest BCUT2D eigenvalue weighted by Gasteiger charge is 2.23. The molecule has 1 aromatic heterocycles. The van der Waals surface area contributed by atoms with Crippen molar-refractivity contribution in [1.29, 1.82) is 0 Å². The van der Waals surface area contributed by atoms with E-state index in [0.717, 1.165) is 16.8 Å². The summed E-state index contributed by atoms with van der Waals surface area (Å²) in [6.07, 6.45) is 0.251. The van der Waals surface area contributed by atoms with Crippen molar-refractivity contribution >= 4 is 7.60 Å². The standard InChI is InChI=1S/C17H23N2O4P/c1-5-22-24(20,23-6-2)12-14-7-9-15(10-8-14)16-11-17(21-4)19-13(3)18-16/h7-11H,5-6,12H2,1-4H3. The van der Waals surface area contributed by atoms with E-state index in [2.05, 4.69) is 9.97 Å². The molecule has 0 spiro atoms. The van der Waals surface area contributed by atoms with E-state index in [-0.39, 0.29) is 6.16 Å². The molecule has 0 bridgehead atoms. The van der Waals surface area contributed by atoms with Crippen molar-refractivity contribution in [3.8, 4) is 17.1 Å². The van der Waals surface area contributed by atoms with Gasteiger partial charge in [-0.05, 0) is 26.3 Å². The van der Waals surface area contributed by atoms with Crippen molar-refractivity contribution in [3.63, 3.8) is 0 Å². The molecule has 0 unspecified atom stereocenters. The van der Waals surface area contributed by atoms with Crippen LogP contribution in [0, 0.1) is 6.92 Å². The second kappa shape index (κ2) is 8.38. The first kappa shape index (κ1) is 18.6. The molecule has 0 saturated carbocycles. The van der Waals surface area contributed by atoms with Crippen LogP contribution < -0.4 is 4.74 Å². The summed E-state index contributed by atoms with van der Waals surface area (Å²) in [6, 6.07) is 9.46. The van der Waals surface area contributed by atoms with Gasteiger partial charge in [-0.25, -0.2) is 4.98 Å². The Bertz CT molecular complexity index is 709. The monoisotopic (exact) mass is 350 g/mol. The molecular formula is C17H23N2O4P. The van der Waals surface area contributed by atoms with Gasteiger partial charge in [0.05, 0.1) is 32.2 Å². The maximum atomic E-state index is 12.6. The highest BCUT2D eigenvalue weighted by molar-refractivity contribution is 7.53. The van der Waals surface area contributed by atoms with E-state index in [1.807, 2.05) is 31.2 Å². The molecule has 0 aliphatic carbocycles. The first-order chi connectivity index (χ1) is 11.5. The molecule has 2 rings (SSSR count). The predicted molar refractivity (Wildman–Crippen MR) is 93.3 cm³/mol. The Balaban J connectivity index is 2.21. The molecular weight excluding hydrogens is 327 g/mol. The van der Waals surface area contributed by atoms with Crippen molar-refractivity contribution in [2.24, 2.45) is 0 Å². The number of aryl methyl sites for hydroxylation is 1. The van der Waals surface area contributed by atoms with Crippen LogP contribution in [-0.4, -0.2) is 30.3 Å². The lowest BCUT2D eigenvalue weighted by Gasteiger charge is -2.17. The van der Waals surface area contributed by atoms with E-state index in [9.17, 15) is 4.57 Å². The fourth-order valence-corrected chi connectivity index (χ4v) is 4.02. The number of rotatable bonds is 8. The minimum absolute atomic E-state index is 0.251. The molecule has 0 saturated heterocycles. The zero-order chi connectivity index (χ0) is 17.6. The minimum atomic E-state index is -3.09. The number of aromatic nitrogens is 2. The third kappa shape index (κ3) is 4.87. The van der Waals surface area contributed by atoms with E-state index in [0.29, 0.717) is 24.9 Å². The number of hydrogen-bond acceptors (Lipinski definition) is 6. The molecule has 24 heavy (non-hydrogen) atoms. The average molecular weight is 350 g/mol. The second-order valence-electron chi connectivity index (χ2n) is 5.14. The molecule has 0 atom stereocenters. The first-order valence-electron chi connectivity index (χ1n) is 7.86. The van der Waals surface area contributed by atoms with Gasteiger partial charge in [0.15, 0.2) is 0 Å². The highest BCUT2D eigenvalue weighted by Crippen LogP contribution is 2.51. The molecule has 7 heteroatoms. The Hall–Kier alpha value is -1.75. The number of methoxy groups -OCH3 is 1. The Morgan fingerprint density at radius 1 is 1.04 bits per heavy atom. The summed E-state index contributed by atoms with van der Waals surface area (Å²) in [7, 11) is -1.52. The molecule has 2 aromatic rings. The van der Waals surface area contributed by atoms with Gasteiger partial charge in [-0.3, -0.25) is 4.57 Å². The lowest BCUT2D eigenvalue weighted by molar-refractivity contribution is 0.219. The van der Waals surface area contributed by atoms with Crippen molar-refractivity contribution in [1.82, 2.24) is 9.97 Å². The van der Waals surface area contributed by atoms with Gasteiger partial charge in [0, 0.05) is 11.6 Å². The fourth-order valence-electron chi connectivity index (χ4n) is 2.32. The van der Waals surface area contributed by atoms with E-state index in [1.54, 1.807) is 27.0 Å². The van der Waals surface area contributed by atoms with Crippen molar-refractivity contribution < 1.29 is 18.3 Å². The van der Waals surface area contributed by atoms with E-state index < -0.39 is 7.60 Å². The Morgan fingerprint density at radius 3 is 2.21 bits per heavy atom. The molecule has 0 radical (unpaired) electrons. The van der Waals surface area contributed by atoms with Crippen molar-refractivity contribution in [2.45, 2.75) is 26.9 Å². The molecule has 1 aromatic carbocycles. The Morgan fingerprint density at radius 2 is 1.67 bits per heavy atom. The van der Waals surface area contributed by atoms with Crippen LogP contribution in [0.1, 0.15) is 25.2 Å². The minimum Gasteiger partial charge on any atom is -0.481 e. The van der Waals surface area contributed by atoms with E-state index in [4.69, 9.17) is 13.8 Å². The van der Waals surface area contributed by atoms with Crippen LogP contribution in [0.25, 0.3) is 11.3 Å². The topological polar surface area (TPSA) is 70.5 Å². The van der Waals surface area contributed by atoms with Crippen LogP contribution in [0.15, 0.2) is 30.3 Å². The lowest BCUT2D eigenvalue weighted by Crippen LogP contribution is -1.99. The number of hydrogen-bond donors (Lipinski definition) is 0. The summed E-state index contributed by atoms with van der Waals surface area (Å²) in [5, 5.41) is 0. The predicted octanol–water partition coefficient (Wildman–Crippen LogP) is 4.23. The van der Waals surface area contributed by atoms with Crippen molar-refractivity contribution in [3.05, 3.63) is 41.7 Å². The van der Waals surface area contributed by atoms with Crippen LogP contribution in [0.5, 0.6) is 5.88 Å². The lowest BCUT2D eigenvalue weighted by atomic mass is 10.1. The smallest absolute Gasteiger partial charge is 0.335 e. The maximum Gasteiger partial charge on any atom is 0.335 e. The number of nitrogens with zero attached hydrogens (tertiary/aromatic N) is 2. The summed E-state index contributed by atoms with van der Waals surface area (Å²) in [4.78, 5) is 8.60. The van der Waals surface area contributed by atoms with Crippen LogP contribution in [-0.2, 0) is 19.8 Å². The van der Waals surface area contributed by atoms with Gasteiger partial charge in [0.2, 0.25) is 5.88 Å². The summed E-state index contributed by atoms with van der Waals surface area (Å²) in [5.74, 6) is 1.17.